The van der Waals surface area contributed by atoms with Gasteiger partial charge in [-0.1, -0.05) is 29.8 Å². The van der Waals surface area contributed by atoms with Crippen molar-refractivity contribution in [2.75, 3.05) is 10.4 Å². The third-order valence-corrected chi connectivity index (χ3v) is 4.18. The van der Waals surface area contributed by atoms with Gasteiger partial charge < -0.3 is 0 Å². The maximum atomic E-state index is 11.4. The Bertz CT molecular complexity index is 881. The number of halogens is 2. The van der Waals surface area contributed by atoms with Crippen molar-refractivity contribution in [2.24, 2.45) is 7.05 Å². The zero-order chi connectivity index (χ0) is 17.1. The van der Waals surface area contributed by atoms with Gasteiger partial charge in [0.2, 0.25) is 6.41 Å². The summed E-state index contributed by atoms with van der Waals surface area (Å²) >= 11 is 9.49. The first-order valence-corrected chi connectivity index (χ1v) is 8.30. The van der Waals surface area contributed by atoms with Gasteiger partial charge in [0.15, 0.2) is 0 Å². The van der Waals surface area contributed by atoms with E-state index in [0.29, 0.717) is 17.1 Å². The van der Waals surface area contributed by atoms with Crippen molar-refractivity contribution in [1.29, 1.82) is 0 Å². The highest BCUT2D eigenvalue weighted by atomic mass is 79.9. The van der Waals surface area contributed by atoms with Crippen molar-refractivity contribution in [3.63, 3.8) is 0 Å². The smallest absolute Gasteiger partial charge is 0.232 e. The highest BCUT2D eigenvalue weighted by molar-refractivity contribution is 9.10. The molecule has 5 nitrogen and oxygen atoms in total. The highest BCUT2D eigenvalue weighted by Crippen LogP contribution is 2.28. The Kier molecular flexibility index (Phi) is 4.87. The topological polar surface area (TPSA) is 50.2 Å². The predicted molar refractivity (Wildman–Crippen MR) is 100.0 cm³/mol. The molecule has 3 rings (SSSR count). The average Bonchev–Trinajstić information content (AvgIpc) is 2.91. The van der Waals surface area contributed by atoms with Crippen LogP contribution in [0, 0.1) is 0 Å². The number of carbonyl (C=O) groups is 1. The molecule has 0 aliphatic heterocycles. The van der Waals surface area contributed by atoms with Crippen LogP contribution < -0.4 is 10.4 Å². The molecular weight excluding hydrogens is 392 g/mol. The molecule has 0 fully saturated rings. The summed E-state index contributed by atoms with van der Waals surface area (Å²) in [5.74, 6) is 0. The maximum Gasteiger partial charge on any atom is 0.232 e. The number of amides is 1. The summed E-state index contributed by atoms with van der Waals surface area (Å²) in [7, 11) is 1.86. The molecular formula is C17H14BrClN4O. The van der Waals surface area contributed by atoms with Crippen molar-refractivity contribution in [3.05, 3.63) is 64.2 Å². The van der Waals surface area contributed by atoms with Crippen LogP contribution in [0.1, 0.15) is 0 Å². The van der Waals surface area contributed by atoms with Crippen molar-refractivity contribution in [2.45, 2.75) is 0 Å². The van der Waals surface area contributed by atoms with Crippen LogP contribution in [-0.4, -0.2) is 16.2 Å². The summed E-state index contributed by atoms with van der Waals surface area (Å²) in [4.78, 5) is 11.4. The Balaban J connectivity index is 1.88. The van der Waals surface area contributed by atoms with Crippen LogP contribution in [0.3, 0.4) is 0 Å². The van der Waals surface area contributed by atoms with Crippen LogP contribution in [0.4, 0.5) is 11.4 Å². The number of rotatable bonds is 5. The number of anilines is 2. The van der Waals surface area contributed by atoms with Crippen LogP contribution in [0.2, 0.25) is 5.02 Å². The van der Waals surface area contributed by atoms with E-state index in [1.165, 1.54) is 5.01 Å². The van der Waals surface area contributed by atoms with Gasteiger partial charge in [-0.05, 0) is 46.3 Å². The molecule has 0 unspecified atom stereocenters. The molecule has 0 radical (unpaired) electrons. The minimum absolute atomic E-state index is 0.562. The van der Waals surface area contributed by atoms with Crippen LogP contribution in [0.5, 0.6) is 0 Å². The zero-order valence-corrected chi connectivity index (χ0v) is 15.1. The third kappa shape index (κ3) is 3.60. The molecule has 0 saturated carbocycles. The van der Waals surface area contributed by atoms with E-state index in [9.17, 15) is 4.79 Å². The molecule has 7 heteroatoms. The second kappa shape index (κ2) is 7.07. The van der Waals surface area contributed by atoms with E-state index in [-0.39, 0.29) is 0 Å². The molecule has 0 aliphatic rings. The SMILES string of the molecule is Cn1cc(Br)c(-c2cccc(NN(C=O)c3cccc(Cl)c3)c2)n1. The quantitative estimate of drug-likeness (QED) is 0.502. The fraction of sp³-hybridized carbons (Fsp3) is 0.0588. The average molecular weight is 406 g/mol. The van der Waals surface area contributed by atoms with E-state index in [1.54, 1.807) is 28.9 Å². The lowest BCUT2D eigenvalue weighted by atomic mass is 10.1. The number of aryl methyl sites for hydroxylation is 1. The Morgan fingerprint density at radius 1 is 1.25 bits per heavy atom. The first-order valence-electron chi connectivity index (χ1n) is 7.13. The summed E-state index contributed by atoms with van der Waals surface area (Å²) in [6, 6.07) is 14.7. The van der Waals surface area contributed by atoms with E-state index in [2.05, 4.69) is 26.5 Å². The normalized spacial score (nSPS) is 10.5. The monoisotopic (exact) mass is 404 g/mol. The molecule has 24 heavy (non-hydrogen) atoms. The molecule has 0 bridgehead atoms. The molecule has 2 aromatic carbocycles. The lowest BCUT2D eigenvalue weighted by Gasteiger charge is -2.20. The van der Waals surface area contributed by atoms with Crippen LogP contribution in [0.25, 0.3) is 11.3 Å². The van der Waals surface area contributed by atoms with Crippen molar-refractivity contribution in [3.8, 4) is 11.3 Å². The van der Waals surface area contributed by atoms with Crippen molar-refractivity contribution < 1.29 is 4.79 Å². The van der Waals surface area contributed by atoms with Crippen molar-refractivity contribution in [1.82, 2.24) is 9.78 Å². The van der Waals surface area contributed by atoms with Gasteiger partial charge in [-0.15, -0.1) is 0 Å². The van der Waals surface area contributed by atoms with Crippen LogP contribution in [0.15, 0.2) is 59.2 Å². The predicted octanol–water partition coefficient (Wildman–Crippen LogP) is 4.49. The summed E-state index contributed by atoms with van der Waals surface area (Å²) in [5, 5.41) is 6.37. The number of hydrogen-bond acceptors (Lipinski definition) is 3. The minimum atomic E-state index is 0.562. The van der Waals surface area contributed by atoms with Gasteiger partial charge in [-0.25, -0.2) is 5.01 Å². The zero-order valence-electron chi connectivity index (χ0n) is 12.8. The lowest BCUT2D eigenvalue weighted by Crippen LogP contribution is -2.27. The highest BCUT2D eigenvalue weighted by Gasteiger charge is 2.10. The van der Waals surface area contributed by atoms with E-state index in [0.717, 1.165) is 21.4 Å². The first kappa shape index (κ1) is 16.5. The van der Waals surface area contributed by atoms with E-state index in [1.807, 2.05) is 37.5 Å². The van der Waals surface area contributed by atoms with E-state index >= 15 is 0 Å². The molecule has 1 N–H and O–H groups in total. The van der Waals surface area contributed by atoms with Gasteiger partial charge in [0.05, 0.1) is 15.8 Å². The number of aromatic nitrogens is 2. The Morgan fingerprint density at radius 2 is 2.04 bits per heavy atom. The summed E-state index contributed by atoms with van der Waals surface area (Å²) in [5.41, 5.74) is 6.25. The summed E-state index contributed by atoms with van der Waals surface area (Å²) in [6.45, 7) is 0. The second-order valence-electron chi connectivity index (χ2n) is 5.15. The van der Waals surface area contributed by atoms with E-state index in [4.69, 9.17) is 11.6 Å². The number of hydrazine groups is 1. The molecule has 122 valence electrons. The molecule has 1 heterocycles. The van der Waals surface area contributed by atoms with Gasteiger partial charge in [0.1, 0.15) is 5.69 Å². The van der Waals surface area contributed by atoms with E-state index < -0.39 is 0 Å². The third-order valence-electron chi connectivity index (χ3n) is 3.36. The molecule has 0 aliphatic carbocycles. The number of benzene rings is 2. The summed E-state index contributed by atoms with van der Waals surface area (Å²) < 4.78 is 2.65. The van der Waals surface area contributed by atoms with Gasteiger partial charge >= 0.3 is 0 Å². The van der Waals surface area contributed by atoms with Crippen LogP contribution in [-0.2, 0) is 11.8 Å². The van der Waals surface area contributed by atoms with Crippen molar-refractivity contribution >= 4 is 45.3 Å². The minimum Gasteiger partial charge on any atom is -0.292 e. The number of nitrogens with one attached hydrogen (secondary N) is 1. The Hall–Kier alpha value is -2.31. The Morgan fingerprint density at radius 3 is 2.71 bits per heavy atom. The number of nitrogens with zero attached hydrogens (tertiary/aromatic N) is 3. The molecule has 0 spiro atoms. The molecule has 3 aromatic rings. The van der Waals surface area contributed by atoms with Gasteiger partial charge in [-0.2, -0.15) is 5.10 Å². The Labute approximate surface area is 152 Å². The van der Waals surface area contributed by atoms with Gasteiger partial charge in [-0.3, -0.25) is 14.9 Å². The fourth-order valence-corrected chi connectivity index (χ4v) is 3.10. The maximum absolute atomic E-state index is 11.4. The summed E-state index contributed by atoms with van der Waals surface area (Å²) in [6.07, 6.45) is 2.59. The molecule has 0 saturated heterocycles. The fourth-order valence-electron chi connectivity index (χ4n) is 2.31. The first-order chi connectivity index (χ1) is 11.6. The lowest BCUT2D eigenvalue weighted by molar-refractivity contribution is -0.107. The van der Waals surface area contributed by atoms with Gasteiger partial charge in [0, 0.05) is 23.8 Å². The number of hydrogen-bond donors (Lipinski definition) is 1. The van der Waals surface area contributed by atoms with Crippen LogP contribution >= 0.6 is 27.5 Å². The van der Waals surface area contributed by atoms with Gasteiger partial charge in [0.25, 0.3) is 0 Å². The number of carbonyl (C=O) groups excluding carboxylic acids is 1. The standard InChI is InChI=1S/C17H14BrClN4O/c1-22-10-16(18)17(21-22)12-4-2-6-14(8-12)20-23(11-24)15-7-3-5-13(19)9-15/h2-11,20H,1H3. The molecule has 0 atom stereocenters. The molecule has 1 aromatic heterocycles. The molecule has 1 amide bonds. The second-order valence-corrected chi connectivity index (χ2v) is 6.44. The largest absolute Gasteiger partial charge is 0.292 e.